The molecule has 1 aromatic heterocycles. The number of nitrogens with zero attached hydrogens (tertiary/aromatic N) is 4. The van der Waals surface area contributed by atoms with Crippen molar-refractivity contribution in [2.75, 3.05) is 31.6 Å². The first-order chi connectivity index (χ1) is 11.9. The van der Waals surface area contributed by atoms with Gasteiger partial charge < -0.3 is 20.2 Å². The summed E-state index contributed by atoms with van der Waals surface area (Å²) in [4.78, 5) is 34.7. The number of amides is 1. The first-order valence-corrected chi connectivity index (χ1v) is 8.63. The van der Waals surface area contributed by atoms with Gasteiger partial charge >= 0.3 is 5.97 Å². The second-order valence-electron chi connectivity index (χ2n) is 6.80. The van der Waals surface area contributed by atoms with E-state index in [0.29, 0.717) is 12.5 Å². The lowest BCUT2D eigenvalue weighted by atomic mass is 10.0. The molecule has 0 aliphatic carbocycles. The maximum atomic E-state index is 12.1. The summed E-state index contributed by atoms with van der Waals surface area (Å²) in [6.45, 7) is 5.91. The maximum Gasteiger partial charge on any atom is 0.323 e. The van der Waals surface area contributed by atoms with Gasteiger partial charge in [-0.3, -0.25) is 9.59 Å². The summed E-state index contributed by atoms with van der Waals surface area (Å²) < 4.78 is 0. The van der Waals surface area contributed by atoms with Gasteiger partial charge in [0.15, 0.2) is 0 Å². The predicted octanol–water partition coefficient (Wildman–Crippen LogP) is 0.734. The molecule has 2 rings (SSSR count). The van der Waals surface area contributed by atoms with Gasteiger partial charge in [-0.15, -0.1) is 0 Å². The Balaban J connectivity index is 1.84. The van der Waals surface area contributed by atoms with Crippen LogP contribution in [0.3, 0.4) is 0 Å². The zero-order valence-electron chi connectivity index (χ0n) is 15.1. The Morgan fingerprint density at radius 2 is 2.08 bits per heavy atom. The van der Waals surface area contributed by atoms with Crippen molar-refractivity contribution < 1.29 is 14.7 Å². The number of hydrogen-bond acceptors (Lipinski definition) is 6. The molecule has 138 valence electrons. The van der Waals surface area contributed by atoms with Crippen LogP contribution >= 0.6 is 0 Å². The number of likely N-dealkylation sites (N-methyl/N-ethyl adjacent to an activating group) is 1. The molecule has 2 heterocycles. The molecule has 1 atom stereocenters. The van der Waals surface area contributed by atoms with E-state index < -0.39 is 5.97 Å². The smallest absolute Gasteiger partial charge is 0.323 e. The molecular formula is C17H27N5O3. The fourth-order valence-corrected chi connectivity index (χ4v) is 2.88. The molecule has 1 amide bonds. The Kier molecular flexibility index (Phi) is 6.69. The lowest BCUT2D eigenvalue weighted by Gasteiger charge is -2.34. The van der Waals surface area contributed by atoms with Gasteiger partial charge in [0.05, 0.1) is 0 Å². The highest BCUT2D eigenvalue weighted by Gasteiger charge is 2.24. The third kappa shape index (κ3) is 5.67. The van der Waals surface area contributed by atoms with Crippen molar-refractivity contribution in [3.8, 4) is 0 Å². The number of hydrogen-bond donors (Lipinski definition) is 2. The molecule has 8 nitrogen and oxygen atoms in total. The van der Waals surface area contributed by atoms with E-state index in [2.05, 4.69) is 15.3 Å². The van der Waals surface area contributed by atoms with Crippen LogP contribution in [0.15, 0.2) is 12.4 Å². The number of anilines is 1. The minimum Gasteiger partial charge on any atom is -0.480 e. The molecular weight excluding hydrogens is 322 g/mol. The molecule has 0 spiro atoms. The summed E-state index contributed by atoms with van der Waals surface area (Å²) in [5, 5.41) is 12.2. The number of nitrogens with one attached hydrogen (secondary N) is 1. The largest absolute Gasteiger partial charge is 0.480 e. The third-order valence-electron chi connectivity index (χ3n) is 4.23. The van der Waals surface area contributed by atoms with Gasteiger partial charge in [-0.2, -0.15) is 0 Å². The topological polar surface area (TPSA) is 98.7 Å². The van der Waals surface area contributed by atoms with Crippen molar-refractivity contribution in [2.24, 2.45) is 5.92 Å². The number of likely N-dealkylation sites (tertiary alicyclic amines) is 1. The Bertz CT molecular complexity index is 590. The molecule has 0 saturated carbocycles. The van der Waals surface area contributed by atoms with Gasteiger partial charge in [-0.1, -0.05) is 13.8 Å². The summed E-state index contributed by atoms with van der Waals surface area (Å²) in [6, 6.07) is 0.269. The standard InChI is InChI=1S/C17H27N5O3/c1-12(2)16(25)22-6-4-5-14(10-22)18-7-13-8-19-17(20-9-13)21(3)11-15(23)24/h8-9,12,14,18H,4-7,10-11H2,1-3H3,(H,23,24). The van der Waals surface area contributed by atoms with Gasteiger partial charge in [0.25, 0.3) is 0 Å². The average Bonchev–Trinajstić information content (AvgIpc) is 2.59. The Morgan fingerprint density at radius 1 is 1.40 bits per heavy atom. The number of aliphatic carboxylic acids is 1. The molecule has 8 heteroatoms. The fourth-order valence-electron chi connectivity index (χ4n) is 2.88. The SMILES string of the molecule is CC(C)C(=O)N1CCCC(NCc2cnc(N(C)CC(=O)O)nc2)C1. The molecule has 0 radical (unpaired) electrons. The number of carboxylic acids is 1. The van der Waals surface area contributed by atoms with E-state index in [1.165, 1.54) is 4.90 Å². The van der Waals surface area contributed by atoms with Crippen LogP contribution in [0.4, 0.5) is 5.95 Å². The van der Waals surface area contributed by atoms with Crippen LogP contribution < -0.4 is 10.2 Å². The number of piperidine rings is 1. The van der Waals surface area contributed by atoms with Crippen LogP contribution in [-0.4, -0.2) is 64.6 Å². The van der Waals surface area contributed by atoms with Crippen molar-refractivity contribution in [1.82, 2.24) is 20.2 Å². The molecule has 1 saturated heterocycles. The van der Waals surface area contributed by atoms with E-state index >= 15 is 0 Å². The normalized spacial score (nSPS) is 17.6. The van der Waals surface area contributed by atoms with Crippen molar-refractivity contribution >= 4 is 17.8 Å². The number of rotatable bonds is 7. The summed E-state index contributed by atoms with van der Waals surface area (Å²) >= 11 is 0. The highest BCUT2D eigenvalue weighted by atomic mass is 16.4. The average molecular weight is 349 g/mol. The first kappa shape index (κ1) is 19.1. The van der Waals surface area contributed by atoms with E-state index in [1.54, 1.807) is 19.4 Å². The van der Waals surface area contributed by atoms with Crippen LogP contribution in [0, 0.1) is 5.92 Å². The van der Waals surface area contributed by atoms with Crippen LogP contribution in [0.5, 0.6) is 0 Å². The molecule has 1 aliphatic rings. The minimum absolute atomic E-state index is 0.0301. The molecule has 0 aromatic carbocycles. The quantitative estimate of drug-likeness (QED) is 0.749. The van der Waals surface area contributed by atoms with Crippen molar-refractivity contribution in [3.05, 3.63) is 18.0 Å². The zero-order valence-corrected chi connectivity index (χ0v) is 15.1. The van der Waals surface area contributed by atoms with Gasteiger partial charge in [0, 0.05) is 56.6 Å². The lowest BCUT2D eigenvalue weighted by molar-refractivity contribution is -0.136. The van der Waals surface area contributed by atoms with Gasteiger partial charge in [-0.05, 0) is 12.8 Å². The summed E-state index contributed by atoms with van der Waals surface area (Å²) in [6.07, 6.45) is 5.45. The number of carbonyl (C=O) groups is 2. The Morgan fingerprint density at radius 3 is 2.68 bits per heavy atom. The second-order valence-corrected chi connectivity index (χ2v) is 6.80. The Labute approximate surface area is 148 Å². The number of carboxylic acid groups (broad SMARTS) is 1. The number of aromatic nitrogens is 2. The summed E-state index contributed by atoms with van der Waals surface area (Å²) in [7, 11) is 1.64. The van der Waals surface area contributed by atoms with E-state index in [-0.39, 0.29) is 24.4 Å². The van der Waals surface area contributed by atoms with Crippen LogP contribution in [0.25, 0.3) is 0 Å². The lowest BCUT2D eigenvalue weighted by Crippen LogP contribution is -2.48. The van der Waals surface area contributed by atoms with Crippen LogP contribution in [-0.2, 0) is 16.1 Å². The van der Waals surface area contributed by atoms with Crippen LogP contribution in [0.1, 0.15) is 32.3 Å². The van der Waals surface area contributed by atoms with E-state index in [0.717, 1.165) is 31.5 Å². The monoisotopic (exact) mass is 349 g/mol. The second kappa shape index (κ2) is 8.75. The highest BCUT2D eigenvalue weighted by Crippen LogP contribution is 2.14. The van der Waals surface area contributed by atoms with Gasteiger partial charge in [0.2, 0.25) is 11.9 Å². The van der Waals surface area contributed by atoms with Crippen molar-refractivity contribution in [3.63, 3.8) is 0 Å². The first-order valence-electron chi connectivity index (χ1n) is 8.63. The Hall–Kier alpha value is -2.22. The van der Waals surface area contributed by atoms with Crippen molar-refractivity contribution in [2.45, 2.75) is 39.3 Å². The molecule has 2 N–H and O–H groups in total. The summed E-state index contributed by atoms with van der Waals surface area (Å²) in [5.41, 5.74) is 0.930. The number of carbonyl (C=O) groups excluding carboxylic acids is 1. The van der Waals surface area contributed by atoms with Crippen molar-refractivity contribution in [1.29, 1.82) is 0 Å². The van der Waals surface area contributed by atoms with Crippen LogP contribution in [0.2, 0.25) is 0 Å². The van der Waals surface area contributed by atoms with E-state index in [4.69, 9.17) is 5.11 Å². The predicted molar refractivity (Wildman–Crippen MR) is 94.2 cm³/mol. The maximum absolute atomic E-state index is 12.1. The summed E-state index contributed by atoms with van der Waals surface area (Å²) in [5.74, 6) is -0.296. The minimum atomic E-state index is -0.922. The fraction of sp³-hybridized carbons (Fsp3) is 0.647. The molecule has 25 heavy (non-hydrogen) atoms. The van der Waals surface area contributed by atoms with E-state index in [9.17, 15) is 9.59 Å². The zero-order chi connectivity index (χ0) is 18.4. The molecule has 1 aromatic rings. The van der Waals surface area contributed by atoms with Gasteiger partial charge in [0.1, 0.15) is 6.54 Å². The molecule has 1 fully saturated rings. The van der Waals surface area contributed by atoms with Gasteiger partial charge in [-0.25, -0.2) is 9.97 Å². The molecule has 0 bridgehead atoms. The van der Waals surface area contributed by atoms with E-state index in [1.807, 2.05) is 18.7 Å². The molecule has 1 unspecified atom stereocenters. The molecule has 1 aliphatic heterocycles. The third-order valence-corrected chi connectivity index (χ3v) is 4.23. The highest BCUT2D eigenvalue weighted by molar-refractivity contribution is 5.78.